The largest absolute Gasteiger partial charge is 0.462 e. The van der Waals surface area contributed by atoms with E-state index in [4.69, 9.17) is 15.2 Å². The van der Waals surface area contributed by atoms with Crippen molar-refractivity contribution in [1.82, 2.24) is 14.8 Å². The molecule has 0 radical (unpaired) electrons. The molecule has 160 valence electrons. The third-order valence-electron chi connectivity index (χ3n) is 4.18. The second kappa shape index (κ2) is 9.53. The Kier molecular flexibility index (Phi) is 6.61. The van der Waals surface area contributed by atoms with E-state index in [0.717, 1.165) is 0 Å². The van der Waals surface area contributed by atoms with Crippen LogP contribution < -0.4 is 11.1 Å². The molecule has 3 rings (SSSR count). The monoisotopic (exact) mass is 423 g/mol. The Bertz CT molecular complexity index is 1090. The lowest BCUT2D eigenvalue weighted by molar-refractivity contribution is 0.0517. The highest BCUT2D eigenvalue weighted by molar-refractivity contribution is 6.04. The minimum absolute atomic E-state index is 0.0878. The fourth-order valence-corrected chi connectivity index (χ4v) is 2.66. The van der Waals surface area contributed by atoms with E-state index >= 15 is 0 Å². The molecule has 0 bridgehead atoms. The first-order valence-corrected chi connectivity index (χ1v) is 9.50. The van der Waals surface area contributed by atoms with Crippen LogP contribution in [0.15, 0.2) is 48.8 Å². The highest BCUT2D eigenvalue weighted by Gasteiger charge is 2.18. The Morgan fingerprint density at radius 3 is 2.19 bits per heavy atom. The minimum atomic E-state index is -0.573. The van der Waals surface area contributed by atoms with Crippen LogP contribution in [0.4, 0.5) is 11.5 Å². The first-order chi connectivity index (χ1) is 14.9. The number of nitrogens with two attached hydrogens (primary N) is 1. The van der Waals surface area contributed by atoms with E-state index in [1.54, 1.807) is 50.2 Å². The van der Waals surface area contributed by atoms with Crippen molar-refractivity contribution in [2.24, 2.45) is 0 Å². The van der Waals surface area contributed by atoms with Gasteiger partial charge in [-0.3, -0.25) is 4.79 Å². The van der Waals surface area contributed by atoms with E-state index in [1.165, 1.54) is 17.1 Å². The normalized spacial score (nSPS) is 10.4. The van der Waals surface area contributed by atoms with Crippen LogP contribution in [-0.2, 0) is 9.47 Å². The number of nitrogens with zero attached hydrogens (tertiary/aromatic N) is 3. The second-order valence-corrected chi connectivity index (χ2v) is 6.23. The number of aromatic nitrogens is 3. The van der Waals surface area contributed by atoms with E-state index in [-0.39, 0.29) is 30.5 Å². The van der Waals surface area contributed by atoms with Crippen molar-refractivity contribution in [3.8, 4) is 5.82 Å². The number of ether oxygens (including phenoxy) is 2. The maximum atomic E-state index is 12.5. The van der Waals surface area contributed by atoms with Crippen molar-refractivity contribution >= 4 is 29.4 Å². The van der Waals surface area contributed by atoms with Gasteiger partial charge < -0.3 is 20.5 Å². The van der Waals surface area contributed by atoms with Gasteiger partial charge in [-0.05, 0) is 50.2 Å². The Morgan fingerprint density at radius 2 is 1.58 bits per heavy atom. The zero-order chi connectivity index (χ0) is 22.4. The van der Waals surface area contributed by atoms with Crippen LogP contribution in [0, 0.1) is 0 Å². The molecule has 0 fully saturated rings. The van der Waals surface area contributed by atoms with Crippen LogP contribution in [0.2, 0.25) is 0 Å². The molecule has 0 aliphatic carbocycles. The van der Waals surface area contributed by atoms with Gasteiger partial charge in [-0.15, -0.1) is 0 Å². The van der Waals surface area contributed by atoms with Gasteiger partial charge in [-0.2, -0.15) is 9.78 Å². The lowest BCUT2D eigenvalue weighted by Crippen LogP contribution is -2.13. The lowest BCUT2D eigenvalue weighted by atomic mass is 10.2. The highest BCUT2D eigenvalue weighted by atomic mass is 16.5. The summed E-state index contributed by atoms with van der Waals surface area (Å²) in [5.74, 6) is -0.961. The van der Waals surface area contributed by atoms with Crippen molar-refractivity contribution in [3.05, 3.63) is 65.5 Å². The summed E-state index contributed by atoms with van der Waals surface area (Å²) in [5.41, 5.74) is 7.31. The topological polar surface area (TPSA) is 138 Å². The third kappa shape index (κ3) is 4.86. The van der Waals surface area contributed by atoms with Crippen LogP contribution >= 0.6 is 0 Å². The zero-order valence-electron chi connectivity index (χ0n) is 17.0. The summed E-state index contributed by atoms with van der Waals surface area (Å²) in [4.78, 5) is 40.2. The van der Waals surface area contributed by atoms with Crippen LogP contribution in [-0.4, -0.2) is 45.8 Å². The fraction of sp³-hybridized carbons (Fsp3) is 0.190. The summed E-state index contributed by atoms with van der Waals surface area (Å²) < 4.78 is 11.1. The first kappa shape index (κ1) is 21.5. The fourth-order valence-electron chi connectivity index (χ4n) is 2.66. The van der Waals surface area contributed by atoms with E-state index in [2.05, 4.69) is 15.4 Å². The average molecular weight is 423 g/mol. The van der Waals surface area contributed by atoms with E-state index in [1.807, 2.05) is 0 Å². The van der Waals surface area contributed by atoms with Crippen molar-refractivity contribution < 1.29 is 23.9 Å². The van der Waals surface area contributed by atoms with E-state index in [0.29, 0.717) is 22.6 Å². The van der Waals surface area contributed by atoms with Gasteiger partial charge in [-0.1, -0.05) is 0 Å². The number of rotatable bonds is 7. The van der Waals surface area contributed by atoms with Gasteiger partial charge in [-0.25, -0.2) is 14.6 Å². The molecule has 2 heterocycles. The molecular weight excluding hydrogens is 402 g/mol. The van der Waals surface area contributed by atoms with Gasteiger partial charge in [0, 0.05) is 11.9 Å². The number of nitrogen functional groups attached to an aromatic ring is 1. The number of carbonyl (C=O) groups is 3. The van der Waals surface area contributed by atoms with Gasteiger partial charge in [0.15, 0.2) is 5.82 Å². The molecule has 10 nitrogen and oxygen atoms in total. The van der Waals surface area contributed by atoms with Gasteiger partial charge in [0.25, 0.3) is 5.91 Å². The number of carbonyl (C=O) groups excluding carboxylic acids is 3. The number of amides is 1. The molecule has 31 heavy (non-hydrogen) atoms. The molecular formula is C21H21N5O5. The predicted molar refractivity (Wildman–Crippen MR) is 112 cm³/mol. The van der Waals surface area contributed by atoms with Gasteiger partial charge in [0.1, 0.15) is 11.4 Å². The first-order valence-electron chi connectivity index (χ1n) is 9.50. The van der Waals surface area contributed by atoms with E-state index in [9.17, 15) is 14.4 Å². The van der Waals surface area contributed by atoms with Crippen LogP contribution in [0.3, 0.4) is 0 Å². The van der Waals surface area contributed by atoms with Crippen molar-refractivity contribution in [2.45, 2.75) is 13.8 Å². The molecule has 1 amide bonds. The molecule has 10 heteroatoms. The number of hydrogen-bond acceptors (Lipinski definition) is 8. The maximum absolute atomic E-state index is 12.5. The molecule has 3 N–H and O–H groups in total. The average Bonchev–Trinajstić information content (AvgIpc) is 3.16. The van der Waals surface area contributed by atoms with Gasteiger partial charge in [0.05, 0.1) is 30.5 Å². The molecule has 0 aliphatic heterocycles. The standard InChI is InChI=1S/C21H21N5O5/c1-3-30-20(28)13-5-8-15(9-6-13)25-19(27)14-7-10-17(23-11-14)26-18(22)16(12-24-26)21(29)31-4-2/h5-12H,3-4,22H2,1-2H3,(H,25,27). The molecule has 3 aromatic rings. The summed E-state index contributed by atoms with van der Waals surface area (Å²) in [7, 11) is 0. The van der Waals surface area contributed by atoms with Crippen LogP contribution in [0.1, 0.15) is 44.9 Å². The Hall–Kier alpha value is -4.21. The number of hydrogen-bond donors (Lipinski definition) is 2. The Morgan fingerprint density at radius 1 is 0.935 bits per heavy atom. The molecule has 0 saturated carbocycles. The smallest absolute Gasteiger partial charge is 0.343 e. The summed E-state index contributed by atoms with van der Waals surface area (Å²) in [6.07, 6.45) is 2.67. The Balaban J connectivity index is 1.70. The van der Waals surface area contributed by atoms with E-state index < -0.39 is 11.9 Å². The summed E-state index contributed by atoms with van der Waals surface area (Å²) in [5, 5.41) is 6.78. The van der Waals surface area contributed by atoms with Crippen LogP contribution in [0.5, 0.6) is 0 Å². The molecule has 0 saturated heterocycles. The number of nitrogens with one attached hydrogen (secondary N) is 1. The third-order valence-corrected chi connectivity index (χ3v) is 4.18. The zero-order valence-corrected chi connectivity index (χ0v) is 17.0. The second-order valence-electron chi connectivity index (χ2n) is 6.23. The number of esters is 2. The number of anilines is 2. The molecule has 0 atom stereocenters. The molecule has 0 unspecified atom stereocenters. The van der Waals surface area contributed by atoms with Gasteiger partial charge in [0.2, 0.25) is 0 Å². The minimum Gasteiger partial charge on any atom is -0.462 e. The summed E-state index contributed by atoms with van der Waals surface area (Å²) >= 11 is 0. The summed E-state index contributed by atoms with van der Waals surface area (Å²) in [6.45, 7) is 3.93. The molecule has 1 aromatic carbocycles. The number of pyridine rings is 1. The quantitative estimate of drug-likeness (QED) is 0.553. The van der Waals surface area contributed by atoms with Gasteiger partial charge >= 0.3 is 11.9 Å². The predicted octanol–water partition coefficient (Wildman–Crippen LogP) is 2.46. The van der Waals surface area contributed by atoms with Crippen LogP contribution in [0.25, 0.3) is 5.82 Å². The number of benzene rings is 1. The van der Waals surface area contributed by atoms with Crippen molar-refractivity contribution in [1.29, 1.82) is 0 Å². The molecule has 2 aromatic heterocycles. The summed E-state index contributed by atoms with van der Waals surface area (Å²) in [6, 6.07) is 9.45. The SMILES string of the molecule is CCOC(=O)c1ccc(NC(=O)c2ccc(-n3ncc(C(=O)OCC)c3N)nc2)cc1. The van der Waals surface area contributed by atoms with Crippen molar-refractivity contribution in [3.63, 3.8) is 0 Å². The van der Waals surface area contributed by atoms with Crippen molar-refractivity contribution in [2.75, 3.05) is 24.3 Å². The maximum Gasteiger partial charge on any atom is 0.343 e. The lowest BCUT2D eigenvalue weighted by Gasteiger charge is -2.08. The Labute approximate surface area is 178 Å². The molecule has 0 spiro atoms. The molecule has 0 aliphatic rings. The highest BCUT2D eigenvalue weighted by Crippen LogP contribution is 2.17.